The van der Waals surface area contributed by atoms with Crippen LogP contribution in [-0.4, -0.2) is 32.6 Å². The Bertz CT molecular complexity index is 1210. The van der Waals surface area contributed by atoms with Crippen LogP contribution in [0, 0.1) is 11.3 Å². The molecule has 1 aliphatic rings. The van der Waals surface area contributed by atoms with E-state index in [0.29, 0.717) is 29.7 Å². The zero-order valence-corrected chi connectivity index (χ0v) is 16.5. The van der Waals surface area contributed by atoms with Crippen molar-refractivity contribution in [2.75, 3.05) is 0 Å². The molecule has 1 saturated carbocycles. The number of aromatic nitrogens is 1. The Morgan fingerprint density at radius 1 is 1.13 bits per heavy atom. The molecular formula is C23H19N3O5. The second-order valence-corrected chi connectivity index (χ2v) is 7.55. The molecule has 31 heavy (non-hydrogen) atoms. The van der Waals surface area contributed by atoms with Crippen molar-refractivity contribution >= 4 is 22.6 Å². The SMILES string of the molecule is N#Cc1nc(C(=O)NC2(CC(=O)O)CCC2)c(O)c2ccc(Oc3ccccc3)cc12. The number of hydrogen-bond donors (Lipinski definition) is 3. The van der Waals surface area contributed by atoms with Crippen molar-refractivity contribution in [2.45, 2.75) is 31.2 Å². The molecule has 0 bridgehead atoms. The summed E-state index contributed by atoms with van der Waals surface area (Å²) < 4.78 is 5.77. The summed E-state index contributed by atoms with van der Waals surface area (Å²) in [6.07, 6.45) is 1.66. The highest BCUT2D eigenvalue weighted by Gasteiger charge is 2.41. The molecule has 0 atom stereocenters. The van der Waals surface area contributed by atoms with E-state index in [4.69, 9.17) is 9.84 Å². The third-order valence-electron chi connectivity index (χ3n) is 5.43. The van der Waals surface area contributed by atoms with Gasteiger partial charge in [-0.1, -0.05) is 18.2 Å². The van der Waals surface area contributed by atoms with E-state index in [9.17, 15) is 20.0 Å². The monoisotopic (exact) mass is 417 g/mol. The number of nitrogens with one attached hydrogen (secondary N) is 1. The molecule has 2 aromatic carbocycles. The second-order valence-electron chi connectivity index (χ2n) is 7.55. The van der Waals surface area contributed by atoms with Crippen LogP contribution in [0.15, 0.2) is 48.5 Å². The van der Waals surface area contributed by atoms with Gasteiger partial charge in [-0.3, -0.25) is 9.59 Å². The van der Waals surface area contributed by atoms with Crippen LogP contribution in [0.2, 0.25) is 0 Å². The van der Waals surface area contributed by atoms with Gasteiger partial charge in [-0.25, -0.2) is 4.98 Å². The number of nitriles is 1. The van der Waals surface area contributed by atoms with Gasteiger partial charge in [0.1, 0.15) is 23.3 Å². The van der Waals surface area contributed by atoms with E-state index < -0.39 is 17.4 Å². The normalized spacial score (nSPS) is 14.3. The van der Waals surface area contributed by atoms with Crippen molar-refractivity contribution in [1.29, 1.82) is 5.26 Å². The van der Waals surface area contributed by atoms with Crippen molar-refractivity contribution in [1.82, 2.24) is 10.3 Å². The molecule has 156 valence electrons. The molecule has 0 aliphatic heterocycles. The minimum Gasteiger partial charge on any atom is -0.505 e. The van der Waals surface area contributed by atoms with Crippen molar-refractivity contribution in [2.24, 2.45) is 0 Å². The average Bonchev–Trinajstić information content (AvgIpc) is 2.72. The van der Waals surface area contributed by atoms with Crippen LogP contribution >= 0.6 is 0 Å². The van der Waals surface area contributed by atoms with Gasteiger partial charge >= 0.3 is 5.97 Å². The summed E-state index contributed by atoms with van der Waals surface area (Å²) in [5.41, 5.74) is -1.21. The van der Waals surface area contributed by atoms with Crippen LogP contribution in [0.25, 0.3) is 10.8 Å². The van der Waals surface area contributed by atoms with Crippen LogP contribution in [0.5, 0.6) is 17.2 Å². The van der Waals surface area contributed by atoms with Gasteiger partial charge in [0.05, 0.1) is 12.0 Å². The Balaban J connectivity index is 1.69. The Labute approximate surface area is 177 Å². The molecule has 1 heterocycles. The van der Waals surface area contributed by atoms with E-state index in [1.165, 1.54) is 0 Å². The molecule has 1 fully saturated rings. The number of amides is 1. The van der Waals surface area contributed by atoms with Crippen molar-refractivity contribution in [3.05, 3.63) is 59.9 Å². The van der Waals surface area contributed by atoms with E-state index in [0.717, 1.165) is 6.42 Å². The number of carboxylic acids is 1. The maximum atomic E-state index is 12.8. The van der Waals surface area contributed by atoms with Gasteiger partial charge in [0, 0.05) is 10.8 Å². The predicted octanol–water partition coefficient (Wildman–Crippen LogP) is 3.73. The van der Waals surface area contributed by atoms with E-state index in [2.05, 4.69) is 10.3 Å². The van der Waals surface area contributed by atoms with Crippen molar-refractivity contribution < 1.29 is 24.5 Å². The maximum Gasteiger partial charge on any atom is 0.305 e. The lowest BCUT2D eigenvalue weighted by atomic mass is 9.74. The summed E-state index contributed by atoms with van der Waals surface area (Å²) in [5, 5.41) is 32.7. The topological polar surface area (TPSA) is 133 Å². The summed E-state index contributed by atoms with van der Waals surface area (Å²) in [4.78, 5) is 28.0. The molecule has 8 nitrogen and oxygen atoms in total. The molecule has 8 heteroatoms. The summed E-state index contributed by atoms with van der Waals surface area (Å²) in [7, 11) is 0. The molecule has 0 spiro atoms. The van der Waals surface area contributed by atoms with Gasteiger partial charge in [-0.05, 0) is 49.6 Å². The molecule has 1 aliphatic carbocycles. The predicted molar refractivity (Wildman–Crippen MR) is 111 cm³/mol. The number of para-hydroxylation sites is 1. The van der Waals surface area contributed by atoms with E-state index in [1.54, 1.807) is 30.3 Å². The molecule has 0 unspecified atom stereocenters. The Hall–Kier alpha value is -4.12. The number of fused-ring (bicyclic) bond motifs is 1. The Kier molecular flexibility index (Phi) is 5.17. The van der Waals surface area contributed by atoms with Crippen LogP contribution in [0.4, 0.5) is 0 Å². The molecular weight excluding hydrogens is 398 g/mol. The van der Waals surface area contributed by atoms with Gasteiger partial charge in [0.15, 0.2) is 11.4 Å². The van der Waals surface area contributed by atoms with Crippen LogP contribution in [0.1, 0.15) is 41.9 Å². The summed E-state index contributed by atoms with van der Waals surface area (Å²) >= 11 is 0. The standard InChI is InChI=1S/C23H19N3O5/c24-13-18-17-11-15(31-14-5-2-1-3-6-14)7-8-16(17)21(29)20(25-18)22(30)26-23(9-4-10-23)12-19(27)28/h1-3,5-8,11,29H,4,9-10,12H2,(H,26,30)(H,27,28). The zero-order chi connectivity index (χ0) is 22.0. The number of pyridine rings is 1. The lowest BCUT2D eigenvalue weighted by Gasteiger charge is -2.41. The number of aliphatic carboxylic acids is 1. The van der Waals surface area contributed by atoms with Gasteiger partial charge in [0.25, 0.3) is 5.91 Å². The zero-order valence-electron chi connectivity index (χ0n) is 16.5. The van der Waals surface area contributed by atoms with Crippen molar-refractivity contribution in [3.63, 3.8) is 0 Å². The van der Waals surface area contributed by atoms with Gasteiger partial charge in [-0.15, -0.1) is 0 Å². The fraction of sp³-hybridized carbons (Fsp3) is 0.217. The lowest BCUT2D eigenvalue weighted by molar-refractivity contribution is -0.139. The van der Waals surface area contributed by atoms with Gasteiger partial charge < -0.3 is 20.3 Å². The highest BCUT2D eigenvalue weighted by molar-refractivity contribution is 6.03. The van der Waals surface area contributed by atoms with Gasteiger partial charge in [-0.2, -0.15) is 5.26 Å². The number of benzene rings is 2. The number of carbonyl (C=O) groups is 2. The van der Waals surface area contributed by atoms with Gasteiger partial charge in [0.2, 0.25) is 0 Å². The number of rotatable bonds is 6. The minimum absolute atomic E-state index is 0.0441. The second kappa shape index (κ2) is 7.95. The molecule has 0 radical (unpaired) electrons. The number of carboxylic acid groups (broad SMARTS) is 1. The summed E-state index contributed by atoms with van der Waals surface area (Å²) in [6, 6.07) is 15.8. The van der Waals surface area contributed by atoms with Crippen LogP contribution in [-0.2, 0) is 4.79 Å². The minimum atomic E-state index is -1.01. The molecule has 3 aromatic rings. The number of hydrogen-bond acceptors (Lipinski definition) is 6. The molecule has 1 aromatic heterocycles. The first-order chi connectivity index (χ1) is 14.9. The van der Waals surface area contributed by atoms with Crippen molar-refractivity contribution in [3.8, 4) is 23.3 Å². The summed E-state index contributed by atoms with van der Waals surface area (Å²) in [6.45, 7) is 0. The van der Waals surface area contributed by atoms with Crippen LogP contribution < -0.4 is 10.1 Å². The fourth-order valence-electron chi connectivity index (χ4n) is 3.75. The molecule has 1 amide bonds. The third-order valence-corrected chi connectivity index (χ3v) is 5.43. The average molecular weight is 417 g/mol. The first-order valence-corrected chi connectivity index (χ1v) is 9.75. The number of aromatic hydroxyl groups is 1. The summed E-state index contributed by atoms with van der Waals surface area (Å²) in [5.74, 6) is -1.04. The van der Waals surface area contributed by atoms with E-state index in [-0.39, 0.29) is 28.9 Å². The van der Waals surface area contributed by atoms with E-state index >= 15 is 0 Å². The first-order valence-electron chi connectivity index (χ1n) is 9.75. The maximum absolute atomic E-state index is 12.8. The Morgan fingerprint density at radius 2 is 1.87 bits per heavy atom. The lowest BCUT2D eigenvalue weighted by Crippen LogP contribution is -2.54. The largest absolute Gasteiger partial charge is 0.505 e. The highest BCUT2D eigenvalue weighted by Crippen LogP contribution is 2.37. The Morgan fingerprint density at radius 3 is 2.48 bits per heavy atom. The van der Waals surface area contributed by atoms with E-state index in [1.807, 2.05) is 24.3 Å². The number of carbonyl (C=O) groups excluding carboxylic acids is 1. The number of nitrogens with zero attached hydrogens (tertiary/aromatic N) is 2. The highest BCUT2D eigenvalue weighted by atomic mass is 16.5. The van der Waals surface area contributed by atoms with Crippen LogP contribution in [0.3, 0.4) is 0 Å². The molecule has 0 saturated heterocycles. The first kappa shape index (κ1) is 20.2. The number of ether oxygens (including phenoxy) is 1. The smallest absolute Gasteiger partial charge is 0.305 e. The molecule has 3 N–H and O–H groups in total. The molecule has 4 rings (SSSR count). The fourth-order valence-corrected chi connectivity index (χ4v) is 3.75. The quantitative estimate of drug-likeness (QED) is 0.556. The third kappa shape index (κ3) is 3.98.